The molecule has 29 heavy (non-hydrogen) atoms. The van der Waals surface area contributed by atoms with E-state index in [2.05, 4.69) is 50.2 Å². The minimum Gasteiger partial charge on any atom is -0.357 e. The van der Waals surface area contributed by atoms with E-state index in [0.29, 0.717) is 51.0 Å². The molecule has 0 aromatic rings. The number of amides is 2. The largest absolute Gasteiger partial charge is 0.357 e. The number of nitrogens with one attached hydrogen (secondary N) is 2. The Balaban J connectivity index is 0.00000784. The molecule has 0 atom stereocenters. The molecule has 1 aliphatic heterocycles. The molecule has 0 aromatic carbocycles. The van der Waals surface area contributed by atoms with E-state index < -0.39 is 0 Å². The summed E-state index contributed by atoms with van der Waals surface area (Å²) in [5, 5.41) is 6.54. The van der Waals surface area contributed by atoms with Gasteiger partial charge < -0.3 is 20.4 Å². The average molecular weight is 524 g/mol. The molecule has 2 amide bonds. The number of aliphatic imine (C=N–C) groups is 1. The van der Waals surface area contributed by atoms with E-state index in [1.807, 2.05) is 9.80 Å². The van der Waals surface area contributed by atoms with Crippen molar-refractivity contribution in [3.8, 4) is 0 Å². The van der Waals surface area contributed by atoms with E-state index >= 15 is 0 Å². The maximum absolute atomic E-state index is 12.4. The number of halogens is 1. The highest BCUT2D eigenvalue weighted by Crippen LogP contribution is 2.10. The van der Waals surface area contributed by atoms with Gasteiger partial charge in [-0.25, -0.2) is 0 Å². The van der Waals surface area contributed by atoms with Crippen LogP contribution < -0.4 is 10.6 Å². The van der Waals surface area contributed by atoms with Crippen molar-refractivity contribution in [1.29, 1.82) is 0 Å². The standard InChI is InChI=1S/C21H41N5O2.HI/c1-6-22-21(24-18(4)5)23-11-9-7-8-10-19(27)25-12-14-26(15-13-25)20(28)16-17(2)3;/h17-18H,6-16H2,1-5H3,(H2,22,23,24);1H. The molecule has 0 unspecified atom stereocenters. The van der Waals surface area contributed by atoms with E-state index in [1.165, 1.54) is 0 Å². The van der Waals surface area contributed by atoms with Crippen LogP contribution in [0.2, 0.25) is 0 Å². The van der Waals surface area contributed by atoms with Crippen molar-refractivity contribution in [2.24, 2.45) is 10.9 Å². The number of guanidine groups is 1. The molecule has 170 valence electrons. The lowest BCUT2D eigenvalue weighted by Gasteiger charge is -2.35. The van der Waals surface area contributed by atoms with Crippen LogP contribution in [0.5, 0.6) is 0 Å². The third kappa shape index (κ3) is 12.3. The van der Waals surface area contributed by atoms with Crippen LogP contribution in [0.3, 0.4) is 0 Å². The van der Waals surface area contributed by atoms with Gasteiger partial charge >= 0.3 is 0 Å². The number of carbonyl (C=O) groups excluding carboxylic acids is 2. The second kappa shape index (κ2) is 15.7. The SMILES string of the molecule is CCNC(=NCCCCCC(=O)N1CCN(C(=O)CC(C)C)CC1)NC(C)C.I. The molecule has 1 heterocycles. The van der Waals surface area contributed by atoms with Crippen molar-refractivity contribution in [2.75, 3.05) is 39.3 Å². The van der Waals surface area contributed by atoms with Crippen molar-refractivity contribution in [3.05, 3.63) is 0 Å². The van der Waals surface area contributed by atoms with Gasteiger partial charge in [0.2, 0.25) is 11.8 Å². The van der Waals surface area contributed by atoms with Gasteiger partial charge in [-0.1, -0.05) is 20.3 Å². The van der Waals surface area contributed by atoms with Crippen molar-refractivity contribution >= 4 is 41.8 Å². The van der Waals surface area contributed by atoms with Crippen molar-refractivity contribution in [2.45, 2.75) is 72.8 Å². The first-order valence-corrected chi connectivity index (χ1v) is 10.9. The Labute approximate surface area is 194 Å². The predicted octanol–water partition coefficient (Wildman–Crippen LogP) is 2.85. The summed E-state index contributed by atoms with van der Waals surface area (Å²) in [5.41, 5.74) is 0. The number of rotatable bonds is 10. The lowest BCUT2D eigenvalue weighted by molar-refractivity contribution is -0.140. The number of hydrogen-bond donors (Lipinski definition) is 2. The highest BCUT2D eigenvalue weighted by atomic mass is 127. The van der Waals surface area contributed by atoms with E-state index in [0.717, 1.165) is 38.3 Å². The fraction of sp³-hybridized carbons (Fsp3) is 0.857. The summed E-state index contributed by atoms with van der Waals surface area (Å²) in [6.07, 6.45) is 4.07. The second-order valence-corrected chi connectivity index (χ2v) is 8.23. The summed E-state index contributed by atoms with van der Waals surface area (Å²) in [5.74, 6) is 1.67. The molecule has 2 N–H and O–H groups in total. The zero-order chi connectivity index (χ0) is 20.9. The number of hydrogen-bond acceptors (Lipinski definition) is 3. The van der Waals surface area contributed by atoms with Gasteiger partial charge in [-0.05, 0) is 39.5 Å². The van der Waals surface area contributed by atoms with Crippen LogP contribution in [0.1, 0.15) is 66.7 Å². The Morgan fingerprint density at radius 1 is 0.931 bits per heavy atom. The highest BCUT2D eigenvalue weighted by Gasteiger charge is 2.23. The summed E-state index contributed by atoms with van der Waals surface area (Å²) >= 11 is 0. The summed E-state index contributed by atoms with van der Waals surface area (Å²) < 4.78 is 0. The molecule has 1 rings (SSSR count). The van der Waals surface area contributed by atoms with E-state index in [1.54, 1.807) is 0 Å². The van der Waals surface area contributed by atoms with Crippen molar-refractivity contribution in [3.63, 3.8) is 0 Å². The molecule has 1 aliphatic rings. The summed E-state index contributed by atoms with van der Waals surface area (Å²) in [6, 6.07) is 0.358. The van der Waals surface area contributed by atoms with Crippen LogP contribution in [0.4, 0.5) is 0 Å². The molecule has 0 aromatic heterocycles. The fourth-order valence-corrected chi connectivity index (χ4v) is 3.19. The monoisotopic (exact) mass is 523 g/mol. The quantitative estimate of drug-likeness (QED) is 0.200. The number of unbranched alkanes of at least 4 members (excludes halogenated alkanes) is 2. The summed E-state index contributed by atoms with van der Waals surface area (Å²) in [7, 11) is 0. The fourth-order valence-electron chi connectivity index (χ4n) is 3.19. The minimum absolute atomic E-state index is 0. The first-order valence-electron chi connectivity index (χ1n) is 10.9. The van der Waals surface area contributed by atoms with Gasteiger partial charge in [-0.3, -0.25) is 14.6 Å². The first kappa shape index (κ1) is 27.9. The summed E-state index contributed by atoms with van der Waals surface area (Å²) in [6.45, 7) is 14.7. The zero-order valence-corrected chi connectivity index (χ0v) is 21.3. The molecular weight excluding hydrogens is 481 g/mol. The maximum Gasteiger partial charge on any atom is 0.222 e. The predicted molar refractivity (Wildman–Crippen MR) is 131 cm³/mol. The zero-order valence-electron chi connectivity index (χ0n) is 19.0. The van der Waals surface area contributed by atoms with Crippen LogP contribution >= 0.6 is 24.0 Å². The van der Waals surface area contributed by atoms with Crippen LogP contribution in [0, 0.1) is 5.92 Å². The number of nitrogens with zero attached hydrogens (tertiary/aromatic N) is 3. The lowest BCUT2D eigenvalue weighted by atomic mass is 10.1. The smallest absolute Gasteiger partial charge is 0.222 e. The van der Waals surface area contributed by atoms with Gasteiger partial charge in [0.1, 0.15) is 0 Å². The Bertz CT molecular complexity index is 503. The average Bonchev–Trinajstić information content (AvgIpc) is 2.63. The van der Waals surface area contributed by atoms with Gasteiger partial charge in [0.25, 0.3) is 0 Å². The van der Waals surface area contributed by atoms with Crippen LogP contribution in [0.15, 0.2) is 4.99 Å². The highest BCUT2D eigenvalue weighted by molar-refractivity contribution is 14.0. The number of carbonyl (C=O) groups is 2. The van der Waals surface area contributed by atoms with Crippen molar-refractivity contribution in [1.82, 2.24) is 20.4 Å². The molecule has 1 fully saturated rings. The van der Waals surface area contributed by atoms with Gasteiger partial charge in [0, 0.05) is 58.2 Å². The summed E-state index contributed by atoms with van der Waals surface area (Å²) in [4.78, 5) is 32.9. The van der Waals surface area contributed by atoms with E-state index in [9.17, 15) is 9.59 Å². The van der Waals surface area contributed by atoms with Gasteiger partial charge in [-0.2, -0.15) is 0 Å². The molecule has 0 radical (unpaired) electrons. The van der Waals surface area contributed by atoms with Crippen molar-refractivity contribution < 1.29 is 9.59 Å². The van der Waals surface area contributed by atoms with E-state index in [4.69, 9.17) is 0 Å². The first-order chi connectivity index (χ1) is 13.3. The minimum atomic E-state index is 0. The molecule has 0 aliphatic carbocycles. The molecule has 1 saturated heterocycles. The van der Waals surface area contributed by atoms with Crippen LogP contribution in [0.25, 0.3) is 0 Å². The lowest BCUT2D eigenvalue weighted by Crippen LogP contribution is -2.50. The Hall–Kier alpha value is -1.06. The van der Waals surface area contributed by atoms with Crippen LogP contribution in [-0.4, -0.2) is 72.9 Å². The molecule has 8 heteroatoms. The molecule has 7 nitrogen and oxygen atoms in total. The van der Waals surface area contributed by atoms with E-state index in [-0.39, 0.29) is 35.8 Å². The normalized spacial score (nSPS) is 14.8. The van der Waals surface area contributed by atoms with Gasteiger partial charge in [0.05, 0.1) is 0 Å². The molecule has 0 spiro atoms. The maximum atomic E-state index is 12.4. The Kier molecular flexibility index (Phi) is 15.2. The molecule has 0 bridgehead atoms. The topological polar surface area (TPSA) is 77.0 Å². The van der Waals surface area contributed by atoms with Gasteiger partial charge in [0.15, 0.2) is 5.96 Å². The van der Waals surface area contributed by atoms with Crippen LogP contribution in [-0.2, 0) is 9.59 Å². The Morgan fingerprint density at radius 2 is 1.52 bits per heavy atom. The second-order valence-electron chi connectivity index (χ2n) is 8.23. The van der Waals surface area contributed by atoms with Gasteiger partial charge in [-0.15, -0.1) is 24.0 Å². The number of piperazine rings is 1. The third-order valence-electron chi connectivity index (χ3n) is 4.66. The molecular formula is C21H42IN5O2. The third-order valence-corrected chi connectivity index (χ3v) is 4.66. The molecule has 0 saturated carbocycles. The Morgan fingerprint density at radius 3 is 2.03 bits per heavy atom.